The van der Waals surface area contributed by atoms with Crippen LogP contribution in [0.2, 0.25) is 0 Å². The maximum atomic E-state index is 12.5. The summed E-state index contributed by atoms with van der Waals surface area (Å²) in [6.45, 7) is 4.06. The van der Waals surface area contributed by atoms with Crippen LogP contribution in [-0.4, -0.2) is 47.9 Å². The van der Waals surface area contributed by atoms with Crippen LogP contribution in [-0.2, 0) is 14.3 Å². The normalized spacial score (nSPS) is 15.7. The van der Waals surface area contributed by atoms with Crippen LogP contribution in [0.1, 0.15) is 25.8 Å². The summed E-state index contributed by atoms with van der Waals surface area (Å²) in [5.41, 5.74) is 0.741. The highest BCUT2D eigenvalue weighted by Crippen LogP contribution is 2.32. The van der Waals surface area contributed by atoms with Crippen molar-refractivity contribution in [2.75, 3.05) is 19.8 Å². The van der Waals surface area contributed by atoms with E-state index in [-0.39, 0.29) is 17.6 Å². The Labute approximate surface area is 191 Å². The Balaban J connectivity index is 1.51. The predicted molar refractivity (Wildman–Crippen MR) is 122 cm³/mol. The Bertz CT molecular complexity index is 974. The van der Waals surface area contributed by atoms with Crippen molar-refractivity contribution in [1.29, 1.82) is 0 Å². The minimum absolute atomic E-state index is 0.260. The maximum absolute atomic E-state index is 12.5. The number of hydrogen-bond donors (Lipinski definition) is 0. The molecular formula is C24H25NO6S. The van der Waals surface area contributed by atoms with Crippen molar-refractivity contribution in [3.8, 4) is 11.5 Å². The zero-order valence-corrected chi connectivity index (χ0v) is 18.8. The van der Waals surface area contributed by atoms with Gasteiger partial charge >= 0.3 is 5.97 Å². The smallest absolute Gasteiger partial charge is 0.326 e. The number of thioether (sulfide) groups is 1. The topological polar surface area (TPSA) is 82.1 Å². The van der Waals surface area contributed by atoms with E-state index in [1.807, 2.05) is 37.3 Å². The number of amides is 2. The van der Waals surface area contributed by atoms with Gasteiger partial charge in [-0.1, -0.05) is 37.3 Å². The summed E-state index contributed by atoms with van der Waals surface area (Å²) >= 11 is 0.805. The molecule has 0 aromatic heterocycles. The molecule has 2 amide bonds. The van der Waals surface area contributed by atoms with Gasteiger partial charge in [-0.3, -0.25) is 19.3 Å². The van der Waals surface area contributed by atoms with Crippen LogP contribution < -0.4 is 9.47 Å². The number of carbonyl (C=O) groups excluding carboxylic acids is 3. The van der Waals surface area contributed by atoms with E-state index in [0.29, 0.717) is 25.4 Å². The molecule has 1 aliphatic rings. The molecule has 1 saturated heterocycles. The fourth-order valence-corrected chi connectivity index (χ4v) is 3.60. The lowest BCUT2D eigenvalue weighted by Gasteiger charge is -2.14. The summed E-state index contributed by atoms with van der Waals surface area (Å²) < 4.78 is 16.4. The van der Waals surface area contributed by atoms with Crippen LogP contribution >= 0.6 is 11.8 Å². The van der Waals surface area contributed by atoms with E-state index >= 15 is 0 Å². The van der Waals surface area contributed by atoms with Gasteiger partial charge in [-0.15, -0.1) is 0 Å². The molecule has 168 valence electrons. The van der Waals surface area contributed by atoms with Crippen molar-refractivity contribution < 1.29 is 28.6 Å². The third-order valence-corrected chi connectivity index (χ3v) is 5.52. The van der Waals surface area contributed by atoms with Gasteiger partial charge in [0.1, 0.15) is 31.3 Å². The average Bonchev–Trinajstić information content (AvgIpc) is 3.05. The lowest BCUT2D eigenvalue weighted by atomic mass is 10.2. The lowest BCUT2D eigenvalue weighted by molar-refractivity contribution is -0.150. The molecule has 3 rings (SSSR count). The number of benzene rings is 2. The summed E-state index contributed by atoms with van der Waals surface area (Å²) in [5.74, 6) is 0.355. The molecule has 0 unspecified atom stereocenters. The van der Waals surface area contributed by atoms with Crippen LogP contribution in [0.25, 0.3) is 6.08 Å². The van der Waals surface area contributed by atoms with Gasteiger partial charge in [-0.25, -0.2) is 0 Å². The van der Waals surface area contributed by atoms with Crippen molar-refractivity contribution >= 4 is 35.0 Å². The number of rotatable bonds is 10. The number of carbonyl (C=O) groups is 3. The Morgan fingerprint density at radius 3 is 2.25 bits per heavy atom. The minimum Gasteiger partial charge on any atom is -0.490 e. The minimum atomic E-state index is -0.597. The SMILES string of the molecule is CC[C@H](C)OC(=O)CN1C(=O)S/C(=C/c2ccc(OCCOc3ccccc3)cc2)C1=O. The predicted octanol–water partition coefficient (Wildman–Crippen LogP) is 4.52. The molecule has 2 aromatic rings. The summed E-state index contributed by atoms with van der Waals surface area (Å²) in [6, 6.07) is 16.6. The number of ether oxygens (including phenoxy) is 3. The first-order valence-electron chi connectivity index (χ1n) is 10.3. The summed E-state index contributed by atoms with van der Waals surface area (Å²) in [6.07, 6.45) is 2.02. The van der Waals surface area contributed by atoms with Crippen LogP contribution in [0.3, 0.4) is 0 Å². The summed E-state index contributed by atoms with van der Waals surface area (Å²) in [4.78, 5) is 37.8. The molecule has 1 fully saturated rings. The highest BCUT2D eigenvalue weighted by atomic mass is 32.2. The number of para-hydroxylation sites is 1. The second kappa shape index (κ2) is 11.4. The number of nitrogens with zero attached hydrogens (tertiary/aromatic N) is 1. The summed E-state index contributed by atoms with van der Waals surface area (Å²) in [7, 11) is 0. The van der Waals surface area contributed by atoms with Crippen molar-refractivity contribution in [3.05, 3.63) is 65.1 Å². The number of imide groups is 1. The molecule has 0 radical (unpaired) electrons. The number of hydrogen-bond acceptors (Lipinski definition) is 7. The molecule has 0 spiro atoms. The van der Waals surface area contributed by atoms with Gasteiger partial charge in [0.15, 0.2) is 0 Å². The second-order valence-corrected chi connectivity index (χ2v) is 8.05. The first-order valence-corrected chi connectivity index (χ1v) is 11.1. The quantitative estimate of drug-likeness (QED) is 0.296. The van der Waals surface area contributed by atoms with E-state index in [9.17, 15) is 14.4 Å². The third kappa shape index (κ3) is 6.62. The molecule has 2 aromatic carbocycles. The molecule has 1 heterocycles. The average molecular weight is 456 g/mol. The van der Waals surface area contributed by atoms with Crippen molar-refractivity contribution in [1.82, 2.24) is 4.90 Å². The Morgan fingerprint density at radius 2 is 1.62 bits per heavy atom. The van der Waals surface area contributed by atoms with E-state index in [2.05, 4.69) is 0 Å². The fourth-order valence-electron chi connectivity index (χ4n) is 2.76. The van der Waals surface area contributed by atoms with E-state index in [0.717, 1.165) is 28.0 Å². The van der Waals surface area contributed by atoms with E-state index in [1.165, 1.54) is 0 Å². The Hall–Kier alpha value is -3.26. The van der Waals surface area contributed by atoms with E-state index in [1.54, 1.807) is 37.3 Å². The van der Waals surface area contributed by atoms with E-state index < -0.39 is 17.1 Å². The first kappa shape index (κ1) is 23.4. The van der Waals surface area contributed by atoms with Crippen molar-refractivity contribution in [2.24, 2.45) is 0 Å². The Kier molecular flexibility index (Phi) is 8.33. The third-order valence-electron chi connectivity index (χ3n) is 4.61. The fraction of sp³-hybridized carbons (Fsp3) is 0.292. The molecule has 0 bridgehead atoms. The van der Waals surface area contributed by atoms with Gasteiger partial charge < -0.3 is 14.2 Å². The monoisotopic (exact) mass is 455 g/mol. The van der Waals surface area contributed by atoms with Crippen LogP contribution in [0.5, 0.6) is 11.5 Å². The van der Waals surface area contributed by atoms with Crippen LogP contribution in [0.4, 0.5) is 4.79 Å². The van der Waals surface area contributed by atoms with Crippen molar-refractivity contribution in [3.63, 3.8) is 0 Å². The van der Waals surface area contributed by atoms with Crippen LogP contribution in [0.15, 0.2) is 59.5 Å². The van der Waals surface area contributed by atoms with Gasteiger partial charge in [0.25, 0.3) is 11.1 Å². The van der Waals surface area contributed by atoms with Gasteiger partial charge in [-0.2, -0.15) is 0 Å². The maximum Gasteiger partial charge on any atom is 0.326 e. The van der Waals surface area contributed by atoms with E-state index in [4.69, 9.17) is 14.2 Å². The zero-order chi connectivity index (χ0) is 22.9. The zero-order valence-electron chi connectivity index (χ0n) is 18.0. The number of esters is 1. The standard InChI is InChI=1S/C24H25NO6S/c1-3-17(2)31-22(26)16-25-23(27)21(32-24(25)28)15-18-9-11-20(12-10-18)30-14-13-29-19-7-5-4-6-8-19/h4-12,15,17H,3,13-14,16H2,1-2H3/b21-15+/t17-/m0/s1. The molecule has 8 heteroatoms. The summed E-state index contributed by atoms with van der Waals surface area (Å²) in [5, 5.41) is -0.485. The highest BCUT2D eigenvalue weighted by Gasteiger charge is 2.36. The molecule has 32 heavy (non-hydrogen) atoms. The second-order valence-electron chi connectivity index (χ2n) is 7.06. The molecule has 0 saturated carbocycles. The molecule has 7 nitrogen and oxygen atoms in total. The Morgan fingerprint density at radius 1 is 1.00 bits per heavy atom. The molecule has 1 atom stereocenters. The van der Waals surface area contributed by atoms with Gasteiger partial charge in [0, 0.05) is 0 Å². The molecule has 0 aliphatic carbocycles. The molecule has 1 aliphatic heterocycles. The lowest BCUT2D eigenvalue weighted by Crippen LogP contribution is -2.35. The van der Waals surface area contributed by atoms with Gasteiger partial charge in [0.05, 0.1) is 11.0 Å². The van der Waals surface area contributed by atoms with Gasteiger partial charge in [-0.05, 0) is 61.0 Å². The first-order chi connectivity index (χ1) is 15.5. The largest absolute Gasteiger partial charge is 0.490 e. The van der Waals surface area contributed by atoms with Crippen molar-refractivity contribution in [2.45, 2.75) is 26.4 Å². The van der Waals surface area contributed by atoms with Gasteiger partial charge in [0.2, 0.25) is 0 Å². The highest BCUT2D eigenvalue weighted by molar-refractivity contribution is 8.18. The molecular weight excluding hydrogens is 430 g/mol. The van der Waals surface area contributed by atoms with Crippen LogP contribution in [0, 0.1) is 0 Å². The molecule has 0 N–H and O–H groups in total.